The molecular formula is C26H40F2O4. The van der Waals surface area contributed by atoms with E-state index in [-0.39, 0.29) is 36.1 Å². The Bertz CT molecular complexity index is 744. The van der Waals surface area contributed by atoms with Crippen LogP contribution in [-0.2, 0) is 9.53 Å². The molecule has 4 nitrogen and oxygen atoms in total. The Morgan fingerprint density at radius 3 is 2.41 bits per heavy atom. The van der Waals surface area contributed by atoms with Crippen molar-refractivity contribution < 1.29 is 28.2 Å². The standard InChI is InChI=1S/C26H40F2O4/c1-6-10-18-15-20(19-13-14-22(31-7-2)25(28)24(19)27)17(16-21(18)29)11-8-9-12-23(30)32-26(3,4)5/h13-14,17-18,20-21,29H,6-12,15-16H2,1-5H3. The maximum Gasteiger partial charge on any atom is 0.306 e. The van der Waals surface area contributed by atoms with Gasteiger partial charge in [0.15, 0.2) is 11.6 Å². The zero-order valence-electron chi connectivity index (χ0n) is 20.3. The van der Waals surface area contributed by atoms with Gasteiger partial charge in [-0.05, 0) is 89.2 Å². The number of benzene rings is 1. The third-order valence-electron chi connectivity index (χ3n) is 6.28. The Balaban J connectivity index is 2.12. The van der Waals surface area contributed by atoms with Crippen LogP contribution in [0.1, 0.15) is 97.5 Å². The second kappa shape index (κ2) is 12.0. The largest absolute Gasteiger partial charge is 0.491 e. The monoisotopic (exact) mass is 454 g/mol. The minimum atomic E-state index is -0.939. The van der Waals surface area contributed by atoms with Crippen molar-refractivity contribution in [1.82, 2.24) is 0 Å². The molecule has 1 aromatic carbocycles. The number of aliphatic hydroxyl groups excluding tert-OH is 1. The Labute approximate surface area is 191 Å². The number of ether oxygens (including phenoxy) is 2. The zero-order chi connectivity index (χ0) is 23.9. The molecule has 6 heteroatoms. The van der Waals surface area contributed by atoms with Crippen LogP contribution in [0, 0.1) is 23.5 Å². The number of rotatable bonds is 10. The lowest BCUT2D eigenvalue weighted by atomic mass is 9.67. The van der Waals surface area contributed by atoms with Gasteiger partial charge in [-0.25, -0.2) is 4.39 Å². The third-order valence-corrected chi connectivity index (χ3v) is 6.28. The van der Waals surface area contributed by atoms with Gasteiger partial charge in [0.2, 0.25) is 5.82 Å². The van der Waals surface area contributed by atoms with Crippen molar-refractivity contribution in [2.75, 3.05) is 6.61 Å². The van der Waals surface area contributed by atoms with Gasteiger partial charge in [-0.2, -0.15) is 4.39 Å². The van der Waals surface area contributed by atoms with Crippen molar-refractivity contribution in [3.63, 3.8) is 0 Å². The van der Waals surface area contributed by atoms with Crippen LogP contribution in [0.2, 0.25) is 0 Å². The summed E-state index contributed by atoms with van der Waals surface area (Å²) in [6.07, 6.45) is 5.10. The molecule has 0 bridgehead atoms. The highest BCUT2D eigenvalue weighted by atomic mass is 19.2. The predicted molar refractivity (Wildman–Crippen MR) is 122 cm³/mol. The molecule has 32 heavy (non-hydrogen) atoms. The van der Waals surface area contributed by atoms with Gasteiger partial charge in [0.1, 0.15) is 5.60 Å². The fourth-order valence-electron chi connectivity index (χ4n) is 4.89. The minimum Gasteiger partial charge on any atom is -0.491 e. The molecule has 1 saturated carbocycles. The molecule has 1 fully saturated rings. The van der Waals surface area contributed by atoms with Crippen LogP contribution in [0.3, 0.4) is 0 Å². The average Bonchev–Trinajstić information content (AvgIpc) is 2.70. The molecule has 1 N–H and O–H groups in total. The molecule has 0 amide bonds. The molecule has 4 unspecified atom stereocenters. The third kappa shape index (κ3) is 7.43. The Hall–Kier alpha value is -1.69. The first kappa shape index (κ1) is 26.6. The van der Waals surface area contributed by atoms with Crippen molar-refractivity contribution in [2.24, 2.45) is 11.8 Å². The molecule has 1 aliphatic carbocycles. The molecule has 1 aliphatic rings. The van der Waals surface area contributed by atoms with Crippen molar-refractivity contribution in [2.45, 2.75) is 104 Å². The Morgan fingerprint density at radius 2 is 1.78 bits per heavy atom. The van der Waals surface area contributed by atoms with E-state index < -0.39 is 23.3 Å². The van der Waals surface area contributed by atoms with Crippen LogP contribution >= 0.6 is 0 Å². The van der Waals surface area contributed by atoms with Crippen LogP contribution in [0.4, 0.5) is 8.78 Å². The van der Waals surface area contributed by atoms with E-state index in [1.54, 1.807) is 13.0 Å². The molecule has 0 radical (unpaired) electrons. The lowest BCUT2D eigenvalue weighted by Gasteiger charge is -2.40. The van der Waals surface area contributed by atoms with Crippen molar-refractivity contribution in [1.29, 1.82) is 0 Å². The minimum absolute atomic E-state index is 0.0311. The van der Waals surface area contributed by atoms with Crippen molar-refractivity contribution in [3.8, 4) is 5.75 Å². The molecule has 0 spiro atoms. The van der Waals surface area contributed by atoms with Gasteiger partial charge in [0.05, 0.1) is 12.7 Å². The maximum absolute atomic E-state index is 15.0. The topological polar surface area (TPSA) is 55.8 Å². The van der Waals surface area contributed by atoms with Gasteiger partial charge < -0.3 is 14.6 Å². The normalized spacial score (nSPS) is 23.8. The summed E-state index contributed by atoms with van der Waals surface area (Å²) in [5.41, 5.74) is -0.129. The van der Waals surface area contributed by atoms with Crippen LogP contribution in [0.15, 0.2) is 12.1 Å². The average molecular weight is 455 g/mol. The highest BCUT2D eigenvalue weighted by Crippen LogP contribution is 2.46. The van der Waals surface area contributed by atoms with Crippen molar-refractivity contribution in [3.05, 3.63) is 29.3 Å². The fraction of sp³-hybridized carbons (Fsp3) is 0.731. The first-order valence-electron chi connectivity index (χ1n) is 12.1. The van der Waals surface area contributed by atoms with Gasteiger partial charge in [-0.3, -0.25) is 4.79 Å². The number of carbonyl (C=O) groups is 1. The van der Waals surface area contributed by atoms with Crippen LogP contribution in [0.25, 0.3) is 0 Å². The van der Waals surface area contributed by atoms with Gasteiger partial charge in [0, 0.05) is 6.42 Å². The van der Waals surface area contributed by atoms with E-state index in [1.807, 2.05) is 20.8 Å². The highest BCUT2D eigenvalue weighted by Gasteiger charge is 2.38. The SMILES string of the molecule is CCCC1CC(c2ccc(OCC)c(F)c2F)C(CCCCC(=O)OC(C)(C)C)CC1O. The summed E-state index contributed by atoms with van der Waals surface area (Å²) in [5, 5.41) is 10.7. The van der Waals surface area contributed by atoms with Gasteiger partial charge in [0.25, 0.3) is 0 Å². The molecule has 182 valence electrons. The molecule has 0 saturated heterocycles. The number of carbonyl (C=O) groups excluding carboxylic acids is 1. The molecule has 4 atom stereocenters. The molecule has 0 heterocycles. The second-order valence-corrected chi connectivity index (χ2v) is 10.0. The lowest BCUT2D eigenvalue weighted by Crippen LogP contribution is -2.35. The number of hydrogen-bond acceptors (Lipinski definition) is 4. The number of hydrogen-bond donors (Lipinski definition) is 1. The zero-order valence-corrected chi connectivity index (χ0v) is 20.3. The van der Waals surface area contributed by atoms with E-state index in [2.05, 4.69) is 6.92 Å². The van der Waals surface area contributed by atoms with E-state index in [0.717, 1.165) is 25.7 Å². The molecular weight excluding hydrogens is 414 g/mol. The summed E-state index contributed by atoms with van der Waals surface area (Å²) in [4.78, 5) is 12.0. The number of aliphatic hydroxyl groups is 1. The summed E-state index contributed by atoms with van der Waals surface area (Å²) in [6.45, 7) is 9.60. The Kier molecular flexibility index (Phi) is 9.93. The summed E-state index contributed by atoms with van der Waals surface area (Å²) in [5.74, 6) is -2.12. The summed E-state index contributed by atoms with van der Waals surface area (Å²) >= 11 is 0. The first-order chi connectivity index (χ1) is 15.1. The number of unbranched alkanes of at least 4 members (excludes halogenated alkanes) is 1. The number of halogens is 2. The lowest BCUT2D eigenvalue weighted by molar-refractivity contribution is -0.154. The van der Waals surface area contributed by atoms with Crippen molar-refractivity contribution >= 4 is 5.97 Å². The maximum atomic E-state index is 15.0. The fourth-order valence-corrected chi connectivity index (χ4v) is 4.89. The van der Waals surface area contributed by atoms with Gasteiger partial charge in [-0.1, -0.05) is 25.8 Å². The molecule has 0 aromatic heterocycles. The van der Waals surface area contributed by atoms with E-state index in [1.165, 1.54) is 6.07 Å². The van der Waals surface area contributed by atoms with Gasteiger partial charge in [-0.15, -0.1) is 0 Å². The highest BCUT2D eigenvalue weighted by molar-refractivity contribution is 5.69. The smallest absolute Gasteiger partial charge is 0.306 e. The molecule has 2 rings (SSSR count). The van der Waals surface area contributed by atoms with E-state index in [4.69, 9.17) is 9.47 Å². The Morgan fingerprint density at radius 1 is 1.06 bits per heavy atom. The summed E-state index contributed by atoms with van der Waals surface area (Å²) in [6, 6.07) is 3.15. The second-order valence-electron chi connectivity index (χ2n) is 10.0. The van der Waals surface area contributed by atoms with E-state index >= 15 is 4.39 Å². The van der Waals surface area contributed by atoms with Gasteiger partial charge >= 0.3 is 5.97 Å². The molecule has 1 aromatic rings. The first-order valence-corrected chi connectivity index (χ1v) is 12.1. The summed E-state index contributed by atoms with van der Waals surface area (Å²) in [7, 11) is 0. The predicted octanol–water partition coefficient (Wildman–Crippen LogP) is 6.54. The number of esters is 1. The van der Waals surface area contributed by atoms with Crippen LogP contribution < -0.4 is 4.74 Å². The van der Waals surface area contributed by atoms with Crippen LogP contribution in [0.5, 0.6) is 5.75 Å². The quantitative estimate of drug-likeness (QED) is 0.322. The van der Waals surface area contributed by atoms with E-state index in [9.17, 15) is 14.3 Å². The van der Waals surface area contributed by atoms with E-state index in [0.29, 0.717) is 31.2 Å². The summed E-state index contributed by atoms with van der Waals surface area (Å²) < 4.78 is 40.2. The van der Waals surface area contributed by atoms with Crippen LogP contribution in [-0.4, -0.2) is 29.4 Å². The molecule has 0 aliphatic heterocycles.